The first-order chi connectivity index (χ1) is 12.6. The molecule has 7 heteroatoms. The lowest BCUT2D eigenvalue weighted by atomic mass is 9.74. The van der Waals surface area contributed by atoms with Gasteiger partial charge in [0.1, 0.15) is 18.9 Å². The highest BCUT2D eigenvalue weighted by Crippen LogP contribution is 2.51. The molecule has 4 nitrogen and oxygen atoms in total. The standard InChI is InChI=1S/C19H21BFN4S/c1-20-13-4-7-17(23-10-13)24-14-5-6-16(21)15(9-14)19-8-2-3-12(19)11-26-18(22)25-19/h4-7,9-10,12H,2-3,8,11H2,1H3,(H2,22,25)(H,23,24). The van der Waals surface area contributed by atoms with Gasteiger partial charge in [0.15, 0.2) is 5.17 Å². The van der Waals surface area contributed by atoms with E-state index in [9.17, 15) is 4.39 Å². The zero-order chi connectivity index (χ0) is 18.1. The SMILES string of the molecule is C[B]c1ccc(Nc2ccc(F)c(C34CCCC3CSC(N)=N4)c2)nc1. The molecule has 1 fully saturated rings. The number of aliphatic imine (C=N–C) groups is 1. The number of aromatic nitrogens is 1. The van der Waals surface area contributed by atoms with Gasteiger partial charge in [-0.1, -0.05) is 36.5 Å². The second kappa shape index (κ2) is 6.95. The molecule has 26 heavy (non-hydrogen) atoms. The van der Waals surface area contributed by atoms with E-state index in [1.54, 1.807) is 17.8 Å². The molecular formula is C19H21BFN4S. The molecule has 1 aliphatic heterocycles. The highest BCUT2D eigenvalue weighted by molar-refractivity contribution is 8.13. The number of rotatable bonds is 4. The summed E-state index contributed by atoms with van der Waals surface area (Å²) in [6, 6.07) is 9.05. The van der Waals surface area contributed by atoms with E-state index in [2.05, 4.69) is 10.3 Å². The highest BCUT2D eigenvalue weighted by Gasteiger charge is 2.48. The summed E-state index contributed by atoms with van der Waals surface area (Å²) in [6.45, 7) is 1.97. The molecule has 1 radical (unpaired) electrons. The molecule has 4 rings (SSSR count). The highest BCUT2D eigenvalue weighted by atomic mass is 32.2. The molecule has 2 aromatic rings. The van der Waals surface area contributed by atoms with E-state index in [1.165, 1.54) is 6.07 Å². The molecule has 2 atom stereocenters. The molecule has 0 spiro atoms. The normalized spacial score (nSPS) is 24.7. The van der Waals surface area contributed by atoms with Crippen LogP contribution in [0, 0.1) is 11.7 Å². The molecule has 0 bridgehead atoms. The van der Waals surface area contributed by atoms with Gasteiger partial charge in [0.25, 0.3) is 0 Å². The Kier molecular flexibility index (Phi) is 4.65. The van der Waals surface area contributed by atoms with Crippen molar-refractivity contribution < 1.29 is 4.39 Å². The van der Waals surface area contributed by atoms with Gasteiger partial charge in [0.05, 0.1) is 5.54 Å². The number of hydrogen-bond donors (Lipinski definition) is 2. The van der Waals surface area contributed by atoms with Gasteiger partial charge in [-0.3, -0.25) is 4.99 Å². The first-order valence-electron chi connectivity index (χ1n) is 8.91. The maximum Gasteiger partial charge on any atom is 0.154 e. The minimum Gasteiger partial charge on any atom is -0.379 e. The van der Waals surface area contributed by atoms with Crippen LogP contribution >= 0.6 is 11.8 Å². The molecule has 0 saturated heterocycles. The van der Waals surface area contributed by atoms with Gasteiger partial charge < -0.3 is 11.1 Å². The van der Waals surface area contributed by atoms with Crippen LogP contribution in [-0.4, -0.2) is 23.2 Å². The Balaban J connectivity index is 1.69. The van der Waals surface area contributed by atoms with E-state index in [0.29, 0.717) is 16.6 Å². The van der Waals surface area contributed by atoms with Crippen LogP contribution in [0.3, 0.4) is 0 Å². The first-order valence-corrected chi connectivity index (χ1v) is 9.90. The summed E-state index contributed by atoms with van der Waals surface area (Å²) in [6.07, 6.45) is 4.77. The Morgan fingerprint density at radius 2 is 2.23 bits per heavy atom. The second-order valence-corrected chi connectivity index (χ2v) is 7.90. The van der Waals surface area contributed by atoms with Gasteiger partial charge >= 0.3 is 0 Å². The van der Waals surface area contributed by atoms with Crippen molar-refractivity contribution in [3.05, 3.63) is 47.9 Å². The largest absolute Gasteiger partial charge is 0.379 e. The Labute approximate surface area is 158 Å². The minimum absolute atomic E-state index is 0.213. The average Bonchev–Trinajstić information content (AvgIpc) is 3.07. The van der Waals surface area contributed by atoms with Crippen LogP contribution in [0.5, 0.6) is 0 Å². The van der Waals surface area contributed by atoms with Gasteiger partial charge in [-0.15, -0.1) is 0 Å². The van der Waals surface area contributed by atoms with Crippen molar-refractivity contribution in [3.8, 4) is 0 Å². The topological polar surface area (TPSA) is 63.3 Å². The lowest BCUT2D eigenvalue weighted by molar-refractivity contribution is 0.341. The molecule has 2 unspecified atom stereocenters. The lowest BCUT2D eigenvalue weighted by Gasteiger charge is -2.36. The summed E-state index contributed by atoms with van der Waals surface area (Å²) >= 11 is 1.58. The van der Waals surface area contributed by atoms with Crippen molar-refractivity contribution in [2.75, 3.05) is 11.1 Å². The Hall–Kier alpha value is -2.02. The molecule has 1 aliphatic carbocycles. The molecule has 2 heterocycles. The van der Waals surface area contributed by atoms with E-state index < -0.39 is 5.54 Å². The third kappa shape index (κ3) is 3.09. The van der Waals surface area contributed by atoms with E-state index in [4.69, 9.17) is 10.7 Å². The molecular weight excluding hydrogens is 346 g/mol. The fourth-order valence-electron chi connectivity index (χ4n) is 3.99. The summed E-state index contributed by atoms with van der Waals surface area (Å²) < 4.78 is 14.8. The van der Waals surface area contributed by atoms with Crippen molar-refractivity contribution in [3.63, 3.8) is 0 Å². The molecule has 1 aromatic carbocycles. The number of nitrogens with one attached hydrogen (secondary N) is 1. The van der Waals surface area contributed by atoms with Crippen molar-refractivity contribution in [2.45, 2.75) is 31.6 Å². The third-order valence-electron chi connectivity index (χ3n) is 5.35. The molecule has 3 N–H and O–H groups in total. The zero-order valence-corrected chi connectivity index (χ0v) is 15.5. The van der Waals surface area contributed by atoms with E-state index in [-0.39, 0.29) is 5.82 Å². The zero-order valence-electron chi connectivity index (χ0n) is 14.7. The maximum absolute atomic E-state index is 14.8. The number of thioether (sulfide) groups is 1. The number of fused-ring (bicyclic) bond motifs is 1. The molecule has 133 valence electrons. The van der Waals surface area contributed by atoms with Crippen LogP contribution in [0.25, 0.3) is 0 Å². The fraction of sp³-hybridized carbons (Fsp3) is 0.368. The van der Waals surface area contributed by atoms with Crippen LogP contribution < -0.4 is 16.5 Å². The number of nitrogens with two attached hydrogens (primary N) is 1. The van der Waals surface area contributed by atoms with Crippen molar-refractivity contribution >= 4 is 41.2 Å². The number of nitrogens with zero attached hydrogens (tertiary/aromatic N) is 2. The van der Waals surface area contributed by atoms with Gasteiger partial charge in [0.2, 0.25) is 0 Å². The summed E-state index contributed by atoms with van der Waals surface area (Å²) in [5.41, 5.74) is 8.01. The van der Waals surface area contributed by atoms with Crippen LogP contribution in [0.15, 0.2) is 41.5 Å². The first kappa shape index (κ1) is 17.4. The Morgan fingerprint density at radius 1 is 1.35 bits per heavy atom. The molecule has 0 amide bonds. The van der Waals surface area contributed by atoms with E-state index in [0.717, 1.165) is 42.0 Å². The number of anilines is 2. The van der Waals surface area contributed by atoms with E-state index >= 15 is 0 Å². The summed E-state index contributed by atoms with van der Waals surface area (Å²) in [5, 5.41) is 3.84. The molecule has 1 aromatic heterocycles. The number of benzene rings is 1. The minimum atomic E-state index is -0.522. The van der Waals surface area contributed by atoms with Gasteiger partial charge in [0, 0.05) is 23.2 Å². The lowest BCUT2D eigenvalue weighted by Crippen LogP contribution is -2.37. The third-order valence-corrected chi connectivity index (χ3v) is 6.31. The Morgan fingerprint density at radius 3 is 3.00 bits per heavy atom. The van der Waals surface area contributed by atoms with Crippen molar-refractivity contribution in [2.24, 2.45) is 16.6 Å². The quantitative estimate of drug-likeness (QED) is 0.813. The van der Waals surface area contributed by atoms with Crippen LogP contribution in [-0.2, 0) is 5.54 Å². The summed E-state index contributed by atoms with van der Waals surface area (Å²) in [4.78, 5) is 9.15. The molecule has 1 saturated carbocycles. The summed E-state index contributed by atoms with van der Waals surface area (Å²) in [7, 11) is 2.00. The monoisotopic (exact) mass is 367 g/mol. The van der Waals surface area contributed by atoms with Gasteiger partial charge in [-0.25, -0.2) is 9.37 Å². The summed E-state index contributed by atoms with van der Waals surface area (Å²) in [5.74, 6) is 1.76. The Bertz CT molecular complexity index is 842. The van der Waals surface area contributed by atoms with Crippen molar-refractivity contribution in [1.82, 2.24) is 4.98 Å². The average molecular weight is 367 g/mol. The van der Waals surface area contributed by atoms with Crippen LogP contribution in [0.4, 0.5) is 15.9 Å². The van der Waals surface area contributed by atoms with Crippen LogP contribution in [0.1, 0.15) is 24.8 Å². The van der Waals surface area contributed by atoms with Crippen LogP contribution in [0.2, 0.25) is 6.82 Å². The number of amidine groups is 1. The predicted molar refractivity (Wildman–Crippen MR) is 108 cm³/mol. The number of hydrogen-bond acceptors (Lipinski definition) is 5. The smallest absolute Gasteiger partial charge is 0.154 e. The van der Waals surface area contributed by atoms with Crippen molar-refractivity contribution in [1.29, 1.82) is 0 Å². The number of pyridine rings is 1. The maximum atomic E-state index is 14.8. The number of halogens is 1. The molecule has 2 aliphatic rings. The second-order valence-electron chi connectivity index (χ2n) is 6.86. The van der Waals surface area contributed by atoms with Gasteiger partial charge in [-0.2, -0.15) is 0 Å². The predicted octanol–water partition coefficient (Wildman–Crippen LogP) is 3.40. The van der Waals surface area contributed by atoms with Gasteiger partial charge in [-0.05, 0) is 43.0 Å². The fourth-order valence-corrected chi connectivity index (χ4v) is 5.03. The van der Waals surface area contributed by atoms with E-state index in [1.807, 2.05) is 38.5 Å².